The van der Waals surface area contributed by atoms with Gasteiger partial charge in [0.05, 0.1) is 5.75 Å². The zero-order valence-electron chi connectivity index (χ0n) is 8.47. The molecule has 0 spiro atoms. The van der Waals surface area contributed by atoms with Crippen molar-refractivity contribution in [1.82, 2.24) is 10.3 Å². The maximum atomic E-state index is 10.8. The van der Waals surface area contributed by atoms with Crippen molar-refractivity contribution in [2.45, 2.75) is 4.34 Å². The summed E-state index contributed by atoms with van der Waals surface area (Å²) in [6, 6.07) is 0. The molecule has 0 saturated heterocycles. The molecular weight excluding hydrogens is 252 g/mol. The number of hydrogen-bond acceptors (Lipinski definition) is 6. The largest absolute Gasteiger partial charge is 0.315 e. The van der Waals surface area contributed by atoms with Crippen LogP contribution in [0.1, 0.15) is 0 Å². The van der Waals surface area contributed by atoms with Gasteiger partial charge in [0.2, 0.25) is 0 Å². The normalized spacial score (nSPS) is 11.8. The van der Waals surface area contributed by atoms with E-state index >= 15 is 0 Å². The van der Waals surface area contributed by atoms with Gasteiger partial charge in [-0.15, -0.1) is 11.3 Å². The van der Waals surface area contributed by atoms with Crippen LogP contribution in [0, 0.1) is 0 Å². The highest BCUT2D eigenvalue weighted by atomic mass is 32.2. The van der Waals surface area contributed by atoms with E-state index in [1.54, 1.807) is 29.3 Å². The van der Waals surface area contributed by atoms with Crippen LogP contribution >= 0.6 is 23.1 Å². The van der Waals surface area contributed by atoms with Gasteiger partial charge in [0.25, 0.3) is 0 Å². The Balaban J connectivity index is 1.99. The monoisotopic (exact) mass is 266 g/mol. The summed E-state index contributed by atoms with van der Waals surface area (Å²) >= 11 is 3.30. The van der Waals surface area contributed by atoms with Crippen molar-refractivity contribution in [1.29, 1.82) is 0 Å². The quantitative estimate of drug-likeness (QED) is 0.586. The van der Waals surface area contributed by atoms with Crippen LogP contribution in [0.2, 0.25) is 0 Å². The number of aromatic nitrogens is 1. The minimum absolute atomic E-state index is 0.203. The Kier molecular flexibility index (Phi) is 5.59. The van der Waals surface area contributed by atoms with Crippen LogP contribution in [-0.4, -0.2) is 44.3 Å². The first-order valence-corrected chi connectivity index (χ1v) is 8.41. The molecule has 1 aromatic rings. The molecule has 0 unspecified atom stereocenters. The molecule has 1 heterocycles. The Morgan fingerprint density at radius 1 is 1.53 bits per heavy atom. The van der Waals surface area contributed by atoms with Gasteiger partial charge < -0.3 is 5.32 Å². The summed E-state index contributed by atoms with van der Waals surface area (Å²) in [5.41, 5.74) is 0. The van der Waals surface area contributed by atoms with E-state index in [9.17, 15) is 8.42 Å². The summed E-state index contributed by atoms with van der Waals surface area (Å²) in [6.07, 6.45) is 3.03. The summed E-state index contributed by atoms with van der Waals surface area (Å²) in [7, 11) is -2.83. The number of rotatable bonds is 7. The zero-order chi connectivity index (χ0) is 11.1. The van der Waals surface area contributed by atoms with E-state index in [4.69, 9.17) is 0 Å². The summed E-state index contributed by atoms with van der Waals surface area (Å²) in [5.74, 6) is 1.12. The molecule has 4 nitrogen and oxygen atoms in total. The van der Waals surface area contributed by atoms with Crippen molar-refractivity contribution in [3.05, 3.63) is 11.6 Å². The fourth-order valence-electron chi connectivity index (χ4n) is 0.875. The van der Waals surface area contributed by atoms with Gasteiger partial charge in [-0.2, -0.15) is 0 Å². The molecule has 15 heavy (non-hydrogen) atoms. The third-order valence-corrected chi connectivity index (χ3v) is 4.48. The molecule has 0 saturated carbocycles. The Morgan fingerprint density at radius 3 is 2.93 bits per heavy atom. The van der Waals surface area contributed by atoms with E-state index in [0.29, 0.717) is 6.54 Å². The molecule has 0 aliphatic rings. The van der Waals surface area contributed by atoms with E-state index in [0.717, 1.165) is 16.6 Å². The summed E-state index contributed by atoms with van der Waals surface area (Å²) in [5, 5.41) is 5.03. The minimum Gasteiger partial charge on any atom is -0.315 e. The Morgan fingerprint density at radius 2 is 2.33 bits per heavy atom. The molecule has 0 aliphatic heterocycles. The minimum atomic E-state index is -2.83. The Bertz CT molecular complexity index is 361. The lowest BCUT2D eigenvalue weighted by Crippen LogP contribution is -2.24. The zero-order valence-corrected chi connectivity index (χ0v) is 10.9. The lowest BCUT2D eigenvalue weighted by molar-refractivity contribution is 0.598. The SMILES string of the molecule is CS(=O)(=O)CCNCCSc1nccs1. The second-order valence-electron chi connectivity index (χ2n) is 3.03. The van der Waals surface area contributed by atoms with Crippen molar-refractivity contribution < 1.29 is 8.42 Å². The highest BCUT2D eigenvalue weighted by Crippen LogP contribution is 2.18. The van der Waals surface area contributed by atoms with Crippen molar-refractivity contribution in [2.24, 2.45) is 0 Å². The molecule has 0 bridgehead atoms. The van der Waals surface area contributed by atoms with E-state index in [1.807, 2.05) is 5.38 Å². The number of nitrogens with one attached hydrogen (secondary N) is 1. The van der Waals surface area contributed by atoms with Gasteiger partial charge >= 0.3 is 0 Å². The predicted molar refractivity (Wildman–Crippen MR) is 65.4 cm³/mol. The fourth-order valence-corrected chi connectivity index (χ4v) is 2.99. The number of thioether (sulfide) groups is 1. The molecule has 7 heteroatoms. The smallest absolute Gasteiger partial charge is 0.149 e. The fraction of sp³-hybridized carbons (Fsp3) is 0.625. The molecule has 0 aromatic carbocycles. The van der Waals surface area contributed by atoms with Crippen molar-refractivity contribution >= 4 is 32.9 Å². The van der Waals surface area contributed by atoms with Crippen LogP contribution in [0.4, 0.5) is 0 Å². The van der Waals surface area contributed by atoms with E-state index < -0.39 is 9.84 Å². The Hall–Kier alpha value is -0.110. The molecule has 86 valence electrons. The third kappa shape index (κ3) is 6.88. The van der Waals surface area contributed by atoms with Crippen LogP contribution in [0.25, 0.3) is 0 Å². The predicted octanol–water partition coefficient (Wildman–Crippen LogP) is 0.869. The average Bonchev–Trinajstić information content (AvgIpc) is 2.61. The van der Waals surface area contributed by atoms with Crippen LogP contribution in [0.3, 0.4) is 0 Å². The lowest BCUT2D eigenvalue weighted by Gasteiger charge is -2.02. The van der Waals surface area contributed by atoms with Gasteiger partial charge in [0.1, 0.15) is 14.2 Å². The number of sulfone groups is 1. The maximum absolute atomic E-state index is 10.8. The van der Waals surface area contributed by atoms with Crippen LogP contribution < -0.4 is 5.32 Å². The summed E-state index contributed by atoms with van der Waals surface area (Å²) < 4.78 is 22.6. The van der Waals surface area contributed by atoms with E-state index in [2.05, 4.69) is 10.3 Å². The van der Waals surface area contributed by atoms with Crippen LogP contribution in [-0.2, 0) is 9.84 Å². The topological polar surface area (TPSA) is 59.1 Å². The molecular formula is C8H14N2O2S3. The molecule has 1 rings (SSSR count). The molecule has 1 N–H and O–H groups in total. The van der Waals surface area contributed by atoms with Gasteiger partial charge in [-0.3, -0.25) is 0 Å². The molecule has 0 atom stereocenters. The van der Waals surface area contributed by atoms with Gasteiger partial charge in [-0.25, -0.2) is 13.4 Å². The average molecular weight is 266 g/mol. The van der Waals surface area contributed by atoms with Gasteiger partial charge in [-0.1, -0.05) is 11.8 Å². The van der Waals surface area contributed by atoms with E-state index in [-0.39, 0.29) is 5.75 Å². The molecule has 0 amide bonds. The first-order valence-electron chi connectivity index (χ1n) is 4.49. The van der Waals surface area contributed by atoms with Crippen molar-refractivity contribution in [3.63, 3.8) is 0 Å². The Labute approximate surface area is 98.4 Å². The highest BCUT2D eigenvalue weighted by Gasteiger charge is 2.00. The molecule has 1 aromatic heterocycles. The molecule has 0 fully saturated rings. The first kappa shape index (κ1) is 13.0. The van der Waals surface area contributed by atoms with Crippen molar-refractivity contribution in [3.8, 4) is 0 Å². The third-order valence-electron chi connectivity index (χ3n) is 1.56. The number of hydrogen-bond donors (Lipinski definition) is 1. The number of nitrogens with zero attached hydrogens (tertiary/aromatic N) is 1. The van der Waals surface area contributed by atoms with Gasteiger partial charge in [0.15, 0.2) is 0 Å². The number of thiazole rings is 1. The highest BCUT2D eigenvalue weighted by molar-refractivity contribution is 8.01. The second kappa shape index (κ2) is 6.47. The van der Waals surface area contributed by atoms with Crippen LogP contribution in [0.15, 0.2) is 15.9 Å². The van der Waals surface area contributed by atoms with Gasteiger partial charge in [0, 0.05) is 36.7 Å². The van der Waals surface area contributed by atoms with Crippen molar-refractivity contribution in [2.75, 3.05) is 30.9 Å². The first-order chi connectivity index (χ1) is 7.08. The summed E-state index contributed by atoms with van der Waals surface area (Å²) in [4.78, 5) is 4.13. The molecule has 0 radical (unpaired) electrons. The standard InChI is InChI=1S/C8H14N2O2S3/c1-15(11,12)7-4-9-2-5-13-8-10-3-6-14-8/h3,6,9H,2,4-5,7H2,1H3. The van der Waals surface area contributed by atoms with Gasteiger partial charge in [-0.05, 0) is 0 Å². The van der Waals surface area contributed by atoms with E-state index in [1.165, 1.54) is 6.26 Å². The van der Waals surface area contributed by atoms with Crippen LogP contribution in [0.5, 0.6) is 0 Å². The molecule has 0 aliphatic carbocycles. The summed E-state index contributed by atoms with van der Waals surface area (Å²) in [6.45, 7) is 1.33. The maximum Gasteiger partial charge on any atom is 0.149 e. The lowest BCUT2D eigenvalue weighted by atomic mass is 10.7. The second-order valence-corrected chi connectivity index (χ2v) is 7.52.